The van der Waals surface area contributed by atoms with Crippen molar-refractivity contribution < 1.29 is 19.1 Å². The van der Waals surface area contributed by atoms with E-state index in [2.05, 4.69) is 4.98 Å². The number of carbonyl (C=O) groups is 2. The van der Waals surface area contributed by atoms with Gasteiger partial charge in [-0.1, -0.05) is 49.2 Å². The quantitative estimate of drug-likeness (QED) is 0.481. The molecule has 4 rings (SSSR count). The molecule has 1 saturated carbocycles. The predicted octanol–water partition coefficient (Wildman–Crippen LogP) is 6.63. The van der Waals surface area contributed by atoms with E-state index in [4.69, 9.17) is 9.47 Å². The molecular weight excluding hydrogens is 442 g/mol. The Balaban J connectivity index is 1.61. The van der Waals surface area contributed by atoms with E-state index < -0.39 is 5.60 Å². The van der Waals surface area contributed by atoms with Crippen molar-refractivity contribution >= 4 is 18.0 Å². The molecular formula is C28H37N3O4. The van der Waals surface area contributed by atoms with Gasteiger partial charge < -0.3 is 14.4 Å². The fourth-order valence-electron chi connectivity index (χ4n) is 5.03. The number of nitrogens with zero attached hydrogens (tertiary/aromatic N) is 3. The summed E-state index contributed by atoms with van der Waals surface area (Å²) in [5.74, 6) is 0.599. The van der Waals surface area contributed by atoms with E-state index in [1.54, 1.807) is 16.0 Å². The van der Waals surface area contributed by atoms with Crippen LogP contribution in [0.5, 0.6) is 0 Å². The van der Waals surface area contributed by atoms with Crippen LogP contribution in [0.15, 0.2) is 48.7 Å². The first-order valence-corrected chi connectivity index (χ1v) is 12.8. The van der Waals surface area contributed by atoms with Gasteiger partial charge in [0.1, 0.15) is 18.0 Å². The summed E-state index contributed by atoms with van der Waals surface area (Å²) in [5.41, 5.74) is 1.22. The molecule has 7 nitrogen and oxygen atoms in total. The van der Waals surface area contributed by atoms with Crippen molar-refractivity contribution in [3.8, 4) is 0 Å². The molecule has 7 heteroatoms. The second-order valence-electron chi connectivity index (χ2n) is 10.5. The minimum atomic E-state index is -0.610. The minimum Gasteiger partial charge on any atom is -0.445 e. The van der Waals surface area contributed by atoms with E-state index in [-0.39, 0.29) is 30.9 Å². The number of anilines is 1. The zero-order valence-electron chi connectivity index (χ0n) is 21.1. The number of carbonyl (C=O) groups excluding carboxylic acids is 2. The Kier molecular flexibility index (Phi) is 7.93. The van der Waals surface area contributed by atoms with Crippen LogP contribution in [0.4, 0.5) is 15.4 Å². The molecule has 0 N–H and O–H groups in total. The lowest BCUT2D eigenvalue weighted by molar-refractivity contribution is 0.0562. The molecule has 1 atom stereocenters. The fourth-order valence-corrected chi connectivity index (χ4v) is 5.03. The molecule has 1 aromatic carbocycles. The van der Waals surface area contributed by atoms with Gasteiger partial charge in [-0.15, -0.1) is 0 Å². The summed E-state index contributed by atoms with van der Waals surface area (Å²) in [6.07, 6.45) is 7.71. The number of likely N-dealkylation sites (tertiary alicyclic amines) is 1. The Hall–Kier alpha value is -3.09. The van der Waals surface area contributed by atoms with Crippen LogP contribution in [-0.2, 0) is 16.1 Å². The van der Waals surface area contributed by atoms with E-state index in [9.17, 15) is 9.59 Å². The average molecular weight is 480 g/mol. The number of rotatable bonds is 5. The number of amides is 2. The third-order valence-corrected chi connectivity index (χ3v) is 6.63. The lowest BCUT2D eigenvalue weighted by Gasteiger charge is -2.38. The van der Waals surface area contributed by atoms with Crippen molar-refractivity contribution in [1.82, 2.24) is 9.88 Å². The van der Waals surface area contributed by atoms with Gasteiger partial charge >= 0.3 is 12.2 Å². The maximum absolute atomic E-state index is 13.4. The molecule has 2 heterocycles. The summed E-state index contributed by atoms with van der Waals surface area (Å²) in [5, 5.41) is 0. The van der Waals surface area contributed by atoms with E-state index >= 15 is 0 Å². The van der Waals surface area contributed by atoms with Crippen molar-refractivity contribution in [2.75, 3.05) is 11.4 Å². The van der Waals surface area contributed by atoms with Crippen LogP contribution < -0.4 is 4.90 Å². The Morgan fingerprint density at radius 2 is 1.71 bits per heavy atom. The van der Waals surface area contributed by atoms with Crippen LogP contribution in [0.1, 0.15) is 82.9 Å². The monoisotopic (exact) mass is 479 g/mol. The first kappa shape index (κ1) is 25.0. The first-order valence-electron chi connectivity index (χ1n) is 12.8. The minimum absolute atomic E-state index is 0.0422. The summed E-state index contributed by atoms with van der Waals surface area (Å²) in [6.45, 7) is 6.48. The van der Waals surface area contributed by atoms with Gasteiger partial charge in [0.2, 0.25) is 0 Å². The highest BCUT2D eigenvalue weighted by Crippen LogP contribution is 2.38. The molecule has 35 heavy (non-hydrogen) atoms. The van der Waals surface area contributed by atoms with E-state index in [1.807, 2.05) is 63.2 Å². The van der Waals surface area contributed by atoms with Crippen LogP contribution in [0, 0.1) is 0 Å². The van der Waals surface area contributed by atoms with Crippen LogP contribution in [-0.4, -0.2) is 40.3 Å². The number of hydrogen-bond acceptors (Lipinski definition) is 5. The first-order chi connectivity index (χ1) is 16.8. The van der Waals surface area contributed by atoms with Gasteiger partial charge in [-0.2, -0.15) is 0 Å². The molecule has 2 fully saturated rings. The molecule has 188 valence electrons. The number of hydrogen-bond donors (Lipinski definition) is 0. The molecule has 2 aromatic rings. The number of benzene rings is 1. The summed E-state index contributed by atoms with van der Waals surface area (Å²) < 4.78 is 11.5. The molecule has 0 radical (unpaired) electrons. The zero-order chi connectivity index (χ0) is 24.8. The Labute approximate surface area is 208 Å². The van der Waals surface area contributed by atoms with Crippen molar-refractivity contribution in [3.05, 3.63) is 59.8 Å². The summed E-state index contributed by atoms with van der Waals surface area (Å²) in [4.78, 5) is 34.8. The van der Waals surface area contributed by atoms with Crippen molar-refractivity contribution in [3.63, 3.8) is 0 Å². The van der Waals surface area contributed by atoms with E-state index in [0.717, 1.165) is 56.1 Å². The van der Waals surface area contributed by atoms with Crippen LogP contribution in [0.25, 0.3) is 0 Å². The van der Waals surface area contributed by atoms with E-state index in [1.165, 1.54) is 0 Å². The molecule has 0 unspecified atom stereocenters. The molecule has 2 amide bonds. The maximum Gasteiger partial charge on any atom is 0.416 e. The lowest BCUT2D eigenvalue weighted by Crippen LogP contribution is -2.45. The summed E-state index contributed by atoms with van der Waals surface area (Å²) in [6, 6.07) is 13.4. The van der Waals surface area contributed by atoms with Crippen LogP contribution in [0.3, 0.4) is 0 Å². The number of pyridine rings is 1. The molecule has 1 aromatic heterocycles. The Bertz CT molecular complexity index is 999. The van der Waals surface area contributed by atoms with Gasteiger partial charge in [0.15, 0.2) is 0 Å². The molecule has 1 saturated heterocycles. The normalized spacial score (nSPS) is 18.8. The Morgan fingerprint density at radius 3 is 2.43 bits per heavy atom. The molecule has 1 aliphatic carbocycles. The largest absolute Gasteiger partial charge is 0.445 e. The van der Waals surface area contributed by atoms with Crippen molar-refractivity contribution in [1.29, 1.82) is 0 Å². The van der Waals surface area contributed by atoms with Gasteiger partial charge in [0, 0.05) is 24.3 Å². The summed E-state index contributed by atoms with van der Waals surface area (Å²) in [7, 11) is 0. The fraction of sp³-hybridized carbons (Fsp3) is 0.536. The van der Waals surface area contributed by atoms with Gasteiger partial charge in [0.25, 0.3) is 0 Å². The lowest BCUT2D eigenvalue weighted by atomic mass is 9.95. The van der Waals surface area contributed by atoms with Crippen molar-refractivity contribution in [2.24, 2.45) is 0 Å². The molecule has 2 aliphatic rings. The van der Waals surface area contributed by atoms with Gasteiger partial charge in [-0.25, -0.2) is 14.6 Å². The molecule has 0 bridgehead atoms. The highest BCUT2D eigenvalue weighted by atomic mass is 16.6. The van der Waals surface area contributed by atoms with Gasteiger partial charge in [-0.3, -0.25) is 4.90 Å². The second kappa shape index (κ2) is 11.1. The van der Waals surface area contributed by atoms with Crippen LogP contribution in [0.2, 0.25) is 0 Å². The smallest absolute Gasteiger partial charge is 0.416 e. The molecule has 0 spiro atoms. The van der Waals surface area contributed by atoms with Gasteiger partial charge in [0.05, 0.1) is 6.04 Å². The molecule has 1 aliphatic heterocycles. The van der Waals surface area contributed by atoms with E-state index in [0.29, 0.717) is 12.4 Å². The third-order valence-electron chi connectivity index (χ3n) is 6.63. The maximum atomic E-state index is 13.4. The number of piperidine rings is 1. The third kappa shape index (κ3) is 6.32. The number of ether oxygens (including phenoxy) is 2. The zero-order valence-corrected chi connectivity index (χ0v) is 21.1. The second-order valence-corrected chi connectivity index (χ2v) is 10.5. The van der Waals surface area contributed by atoms with Crippen molar-refractivity contribution in [2.45, 2.75) is 90.0 Å². The standard InChI is InChI=1S/C28H37N3O4/c1-28(2,3)35-27(33)31(22-14-7-8-15-22)25-23(16-11-18-29-25)24-17-9-10-19-30(24)26(32)34-20-21-12-5-4-6-13-21/h4-6,11-13,16,18,22,24H,7-10,14-15,17,19-20H2,1-3H3/t24-/m0/s1. The average Bonchev–Trinajstić information content (AvgIpc) is 3.37. The van der Waals surface area contributed by atoms with Gasteiger partial charge in [-0.05, 0) is 64.5 Å². The number of aromatic nitrogens is 1. The topological polar surface area (TPSA) is 72.0 Å². The highest BCUT2D eigenvalue weighted by Gasteiger charge is 2.37. The summed E-state index contributed by atoms with van der Waals surface area (Å²) >= 11 is 0. The SMILES string of the molecule is CC(C)(C)OC(=O)N(c1ncccc1[C@@H]1CCCCN1C(=O)OCc1ccccc1)C1CCCC1. The highest BCUT2D eigenvalue weighted by molar-refractivity contribution is 5.88. The Morgan fingerprint density at radius 1 is 1.00 bits per heavy atom. The predicted molar refractivity (Wildman–Crippen MR) is 135 cm³/mol. The van der Waals surface area contributed by atoms with Crippen LogP contribution >= 0.6 is 0 Å².